The van der Waals surface area contributed by atoms with Gasteiger partial charge < -0.3 is 5.32 Å². The van der Waals surface area contributed by atoms with Crippen molar-refractivity contribution in [2.45, 2.75) is 58.2 Å². The molecular formula is C15H25BrN2S. The lowest BCUT2D eigenvalue weighted by atomic mass is 10.0. The molecule has 1 aliphatic rings. The molecule has 1 N–H and O–H groups in total. The molecule has 0 saturated carbocycles. The number of nitrogens with one attached hydrogen (secondary N) is 1. The van der Waals surface area contributed by atoms with Gasteiger partial charge in [0.25, 0.3) is 0 Å². The summed E-state index contributed by atoms with van der Waals surface area (Å²) in [5.74, 6) is 0. The van der Waals surface area contributed by atoms with E-state index in [0.717, 1.165) is 13.1 Å². The summed E-state index contributed by atoms with van der Waals surface area (Å²) in [6.45, 7) is 8.04. The number of hydrogen-bond donors (Lipinski definition) is 1. The van der Waals surface area contributed by atoms with Crippen LogP contribution in [0, 0.1) is 0 Å². The molecule has 2 unspecified atom stereocenters. The van der Waals surface area contributed by atoms with Gasteiger partial charge in [-0.3, -0.25) is 4.90 Å². The first-order valence-electron chi connectivity index (χ1n) is 7.44. The molecule has 2 nitrogen and oxygen atoms in total. The van der Waals surface area contributed by atoms with Crippen LogP contribution in [0.15, 0.2) is 15.9 Å². The number of rotatable bonds is 6. The van der Waals surface area contributed by atoms with Crippen molar-refractivity contribution < 1.29 is 0 Å². The van der Waals surface area contributed by atoms with Crippen LogP contribution < -0.4 is 5.32 Å². The van der Waals surface area contributed by atoms with E-state index in [0.29, 0.717) is 12.1 Å². The molecule has 0 radical (unpaired) electrons. The summed E-state index contributed by atoms with van der Waals surface area (Å²) >= 11 is 5.44. The molecule has 1 saturated heterocycles. The average molecular weight is 345 g/mol. The first-order chi connectivity index (χ1) is 9.22. The lowest BCUT2D eigenvalue weighted by Crippen LogP contribution is -2.55. The van der Waals surface area contributed by atoms with E-state index in [2.05, 4.69) is 52.1 Å². The van der Waals surface area contributed by atoms with Crippen molar-refractivity contribution >= 4 is 27.3 Å². The highest BCUT2D eigenvalue weighted by molar-refractivity contribution is 9.11. The predicted octanol–water partition coefficient (Wildman–Crippen LogP) is 4.25. The minimum Gasteiger partial charge on any atom is -0.311 e. The van der Waals surface area contributed by atoms with Gasteiger partial charge in [0.15, 0.2) is 0 Å². The predicted molar refractivity (Wildman–Crippen MR) is 87.8 cm³/mol. The first kappa shape index (κ1) is 15.5. The van der Waals surface area contributed by atoms with E-state index in [9.17, 15) is 0 Å². The second kappa shape index (κ2) is 7.77. The van der Waals surface area contributed by atoms with Crippen LogP contribution in [0.3, 0.4) is 0 Å². The van der Waals surface area contributed by atoms with Crippen LogP contribution in [0.4, 0.5) is 0 Å². The fourth-order valence-corrected chi connectivity index (χ4v) is 4.43. The van der Waals surface area contributed by atoms with E-state index in [4.69, 9.17) is 0 Å². The van der Waals surface area contributed by atoms with Gasteiger partial charge in [0.2, 0.25) is 0 Å². The van der Waals surface area contributed by atoms with Gasteiger partial charge in [-0.05, 0) is 40.9 Å². The van der Waals surface area contributed by atoms with Gasteiger partial charge in [-0.25, -0.2) is 0 Å². The van der Waals surface area contributed by atoms with Gasteiger partial charge in [-0.2, -0.15) is 0 Å². The fourth-order valence-electron chi connectivity index (χ4n) is 2.92. The molecule has 1 aromatic heterocycles. The zero-order valence-electron chi connectivity index (χ0n) is 12.0. The Kier molecular flexibility index (Phi) is 6.33. The molecule has 0 aliphatic carbocycles. The van der Waals surface area contributed by atoms with Crippen LogP contribution in [-0.4, -0.2) is 30.1 Å². The summed E-state index contributed by atoms with van der Waals surface area (Å²) in [6.07, 6.45) is 5.14. The Balaban J connectivity index is 1.98. The number of piperazine rings is 1. The molecule has 2 rings (SSSR count). The van der Waals surface area contributed by atoms with Gasteiger partial charge in [0.05, 0.1) is 3.79 Å². The average Bonchev–Trinajstić information content (AvgIpc) is 2.79. The Morgan fingerprint density at radius 1 is 1.32 bits per heavy atom. The van der Waals surface area contributed by atoms with Gasteiger partial charge in [-0.15, -0.1) is 11.3 Å². The van der Waals surface area contributed by atoms with Crippen LogP contribution >= 0.6 is 27.3 Å². The molecule has 2 heterocycles. The van der Waals surface area contributed by atoms with E-state index in [-0.39, 0.29) is 0 Å². The molecule has 4 heteroatoms. The lowest BCUT2D eigenvalue weighted by molar-refractivity contribution is 0.113. The van der Waals surface area contributed by atoms with Gasteiger partial charge in [-0.1, -0.05) is 26.7 Å². The smallest absolute Gasteiger partial charge is 0.0701 e. The third kappa shape index (κ3) is 4.55. The minimum atomic E-state index is 0.682. The number of halogens is 1. The van der Waals surface area contributed by atoms with Gasteiger partial charge in [0, 0.05) is 36.6 Å². The molecule has 2 atom stereocenters. The molecule has 0 amide bonds. The lowest BCUT2D eigenvalue weighted by Gasteiger charge is -2.40. The van der Waals surface area contributed by atoms with Crippen molar-refractivity contribution in [1.29, 1.82) is 0 Å². The van der Waals surface area contributed by atoms with Crippen molar-refractivity contribution in [2.24, 2.45) is 0 Å². The highest BCUT2D eigenvalue weighted by atomic mass is 79.9. The molecule has 0 bridgehead atoms. The van der Waals surface area contributed by atoms with E-state index >= 15 is 0 Å². The summed E-state index contributed by atoms with van der Waals surface area (Å²) in [6, 6.07) is 5.82. The Morgan fingerprint density at radius 2 is 2.11 bits per heavy atom. The SMILES string of the molecule is CCCC1CN(Cc2ccc(Br)s2)C(CCC)CN1. The monoisotopic (exact) mass is 344 g/mol. The maximum Gasteiger partial charge on any atom is 0.0701 e. The normalized spacial score (nSPS) is 24.8. The van der Waals surface area contributed by atoms with E-state index < -0.39 is 0 Å². The molecule has 0 aromatic carbocycles. The van der Waals surface area contributed by atoms with Crippen LogP contribution in [0.1, 0.15) is 44.4 Å². The van der Waals surface area contributed by atoms with Crippen molar-refractivity contribution in [3.8, 4) is 0 Å². The molecule has 1 aliphatic heterocycles. The molecule has 1 aromatic rings. The van der Waals surface area contributed by atoms with Crippen molar-refractivity contribution in [2.75, 3.05) is 13.1 Å². The van der Waals surface area contributed by atoms with Crippen molar-refractivity contribution in [3.63, 3.8) is 0 Å². The summed E-state index contributed by atoms with van der Waals surface area (Å²) in [7, 11) is 0. The third-order valence-corrected chi connectivity index (χ3v) is 5.47. The second-order valence-corrected chi connectivity index (χ2v) is 8.02. The topological polar surface area (TPSA) is 15.3 Å². The van der Waals surface area contributed by atoms with E-state index in [1.807, 2.05) is 11.3 Å². The van der Waals surface area contributed by atoms with Crippen LogP contribution in [0.5, 0.6) is 0 Å². The maximum atomic E-state index is 3.73. The molecule has 1 fully saturated rings. The standard InChI is InChI=1S/C15H25BrN2S/c1-3-5-12-10-18(13(6-4-2)9-17-12)11-14-7-8-15(16)19-14/h7-8,12-13,17H,3-6,9-11H2,1-2H3. The summed E-state index contributed by atoms with van der Waals surface area (Å²) in [4.78, 5) is 4.17. The Labute approximate surface area is 129 Å². The van der Waals surface area contributed by atoms with Crippen LogP contribution in [-0.2, 0) is 6.54 Å². The molecule has 108 valence electrons. The zero-order chi connectivity index (χ0) is 13.7. The van der Waals surface area contributed by atoms with Crippen molar-refractivity contribution in [3.05, 3.63) is 20.8 Å². The van der Waals surface area contributed by atoms with E-state index in [1.54, 1.807) is 0 Å². The summed E-state index contributed by atoms with van der Waals surface area (Å²) in [5.41, 5.74) is 0. The highest BCUT2D eigenvalue weighted by Crippen LogP contribution is 2.25. The van der Waals surface area contributed by atoms with Crippen LogP contribution in [0.2, 0.25) is 0 Å². The Bertz CT molecular complexity index is 380. The van der Waals surface area contributed by atoms with E-state index in [1.165, 1.54) is 40.9 Å². The minimum absolute atomic E-state index is 0.682. The molecular weight excluding hydrogens is 320 g/mol. The number of hydrogen-bond acceptors (Lipinski definition) is 3. The second-order valence-electron chi connectivity index (χ2n) is 5.47. The largest absolute Gasteiger partial charge is 0.311 e. The number of thiophene rings is 1. The highest BCUT2D eigenvalue weighted by Gasteiger charge is 2.26. The zero-order valence-corrected chi connectivity index (χ0v) is 14.4. The van der Waals surface area contributed by atoms with Crippen LogP contribution in [0.25, 0.3) is 0 Å². The maximum absolute atomic E-state index is 3.73. The van der Waals surface area contributed by atoms with Gasteiger partial charge in [0.1, 0.15) is 0 Å². The molecule has 19 heavy (non-hydrogen) atoms. The fraction of sp³-hybridized carbons (Fsp3) is 0.733. The molecule has 0 spiro atoms. The Hall–Kier alpha value is 0.1000. The van der Waals surface area contributed by atoms with Crippen molar-refractivity contribution in [1.82, 2.24) is 10.2 Å². The summed E-state index contributed by atoms with van der Waals surface area (Å²) in [5, 5.41) is 3.73. The third-order valence-electron chi connectivity index (χ3n) is 3.86. The van der Waals surface area contributed by atoms with Gasteiger partial charge >= 0.3 is 0 Å². The Morgan fingerprint density at radius 3 is 2.74 bits per heavy atom. The summed E-state index contributed by atoms with van der Waals surface area (Å²) < 4.78 is 1.25. The number of nitrogens with zero attached hydrogens (tertiary/aromatic N) is 1. The first-order valence-corrected chi connectivity index (χ1v) is 9.05. The quantitative estimate of drug-likeness (QED) is 0.829.